The van der Waals surface area contributed by atoms with Crippen LogP contribution in [0.2, 0.25) is 0 Å². The number of carbonyl (C=O) groups excluding carboxylic acids is 3. The lowest BCUT2D eigenvalue weighted by molar-refractivity contribution is -0.862. The summed E-state index contributed by atoms with van der Waals surface area (Å²) in [6.07, 6.45) is 3.77. The van der Waals surface area contributed by atoms with Crippen LogP contribution in [0.4, 0.5) is 15.1 Å². The van der Waals surface area contributed by atoms with Crippen molar-refractivity contribution in [2.75, 3.05) is 30.8 Å². The number of nitrogens with one attached hydrogen (secondary N) is 3. The minimum Gasteiger partial charge on any atom is -0.365 e. The van der Waals surface area contributed by atoms with Crippen LogP contribution in [0.5, 0.6) is 0 Å². The standard InChI is InChI=1S/C20H23FN4O3S/c1-25(10-16(26)23-13-8-6-12(21)7-9-13)11-17(27)24-20-18(19(22)28)14-4-2-3-5-15(14)29-20/h6-9H,2-5,10-11H2,1H3,(H2,22,28)(H,23,26)(H,24,27)/p+1. The van der Waals surface area contributed by atoms with Crippen molar-refractivity contribution in [3.8, 4) is 0 Å². The number of hydrogen-bond acceptors (Lipinski definition) is 4. The molecule has 5 N–H and O–H groups in total. The van der Waals surface area contributed by atoms with Gasteiger partial charge in [0.05, 0.1) is 12.6 Å². The van der Waals surface area contributed by atoms with E-state index in [0.29, 0.717) is 21.2 Å². The second-order valence-electron chi connectivity index (χ2n) is 7.19. The van der Waals surface area contributed by atoms with E-state index in [1.54, 1.807) is 7.05 Å². The molecule has 9 heteroatoms. The van der Waals surface area contributed by atoms with E-state index >= 15 is 0 Å². The van der Waals surface area contributed by atoms with Gasteiger partial charge in [-0.2, -0.15) is 0 Å². The Labute approximate surface area is 172 Å². The maximum Gasteiger partial charge on any atom is 0.280 e. The van der Waals surface area contributed by atoms with Gasteiger partial charge in [-0.3, -0.25) is 14.4 Å². The monoisotopic (exact) mass is 419 g/mol. The van der Waals surface area contributed by atoms with Gasteiger partial charge in [0.25, 0.3) is 17.7 Å². The molecule has 0 radical (unpaired) electrons. The lowest BCUT2D eigenvalue weighted by atomic mass is 9.95. The summed E-state index contributed by atoms with van der Waals surface area (Å²) in [7, 11) is 1.72. The molecule has 1 atom stereocenters. The molecule has 1 unspecified atom stereocenters. The highest BCUT2D eigenvalue weighted by atomic mass is 32.1. The highest BCUT2D eigenvalue weighted by Gasteiger charge is 2.25. The Morgan fingerprint density at radius 1 is 1.07 bits per heavy atom. The number of thiophene rings is 1. The Kier molecular flexibility index (Phi) is 6.60. The molecule has 0 fully saturated rings. The predicted octanol–water partition coefficient (Wildman–Crippen LogP) is 0.957. The Morgan fingerprint density at radius 3 is 2.34 bits per heavy atom. The van der Waals surface area contributed by atoms with E-state index in [0.717, 1.165) is 36.1 Å². The van der Waals surface area contributed by atoms with Crippen LogP contribution >= 0.6 is 11.3 Å². The molecule has 1 aromatic carbocycles. The molecule has 3 rings (SSSR count). The largest absolute Gasteiger partial charge is 0.365 e. The summed E-state index contributed by atoms with van der Waals surface area (Å²) < 4.78 is 12.9. The molecule has 0 aliphatic heterocycles. The van der Waals surface area contributed by atoms with Gasteiger partial charge in [0.15, 0.2) is 13.1 Å². The molecule has 154 valence electrons. The number of amides is 3. The summed E-state index contributed by atoms with van der Waals surface area (Å²) in [6, 6.07) is 5.46. The fourth-order valence-electron chi connectivity index (χ4n) is 3.43. The minimum atomic E-state index is -0.529. The Balaban J connectivity index is 1.56. The number of aryl methyl sites for hydroxylation is 1. The molecule has 0 bridgehead atoms. The average Bonchev–Trinajstić information content (AvgIpc) is 3.01. The first-order chi connectivity index (χ1) is 13.8. The van der Waals surface area contributed by atoms with Gasteiger partial charge in [-0.05, 0) is 55.5 Å². The highest BCUT2D eigenvalue weighted by Crippen LogP contribution is 2.37. The van der Waals surface area contributed by atoms with Crippen LogP contribution in [0, 0.1) is 5.82 Å². The van der Waals surface area contributed by atoms with E-state index in [1.807, 2.05) is 0 Å². The lowest BCUT2D eigenvalue weighted by Crippen LogP contribution is -3.11. The van der Waals surface area contributed by atoms with Gasteiger partial charge in [0.1, 0.15) is 10.8 Å². The number of likely N-dealkylation sites (N-methyl/N-ethyl adjacent to an activating group) is 1. The number of benzene rings is 1. The van der Waals surface area contributed by atoms with Gasteiger partial charge >= 0.3 is 0 Å². The molecule has 7 nitrogen and oxygen atoms in total. The summed E-state index contributed by atoms with van der Waals surface area (Å²) >= 11 is 1.41. The number of anilines is 2. The van der Waals surface area contributed by atoms with Crippen molar-refractivity contribution in [1.29, 1.82) is 0 Å². The first-order valence-corrected chi connectivity index (χ1v) is 10.3. The maximum atomic E-state index is 12.9. The average molecular weight is 420 g/mol. The smallest absolute Gasteiger partial charge is 0.280 e. The van der Waals surface area contributed by atoms with Crippen LogP contribution in [0.15, 0.2) is 24.3 Å². The van der Waals surface area contributed by atoms with E-state index in [-0.39, 0.29) is 30.7 Å². The molecule has 0 saturated carbocycles. The zero-order valence-electron chi connectivity index (χ0n) is 16.1. The van der Waals surface area contributed by atoms with Crippen molar-refractivity contribution in [3.05, 3.63) is 46.1 Å². The van der Waals surface area contributed by atoms with Gasteiger partial charge < -0.3 is 21.3 Å². The highest BCUT2D eigenvalue weighted by molar-refractivity contribution is 7.17. The first-order valence-electron chi connectivity index (χ1n) is 9.44. The van der Waals surface area contributed by atoms with Crippen molar-refractivity contribution in [1.82, 2.24) is 0 Å². The lowest BCUT2D eigenvalue weighted by Gasteiger charge is -2.14. The van der Waals surface area contributed by atoms with Gasteiger partial charge in [0, 0.05) is 10.6 Å². The normalized spacial score (nSPS) is 14.0. The quantitative estimate of drug-likeness (QED) is 0.537. The Morgan fingerprint density at radius 2 is 1.69 bits per heavy atom. The molecule has 3 amide bonds. The Hall–Kier alpha value is -2.78. The van der Waals surface area contributed by atoms with E-state index in [1.165, 1.54) is 35.6 Å². The zero-order chi connectivity index (χ0) is 21.0. The molecule has 29 heavy (non-hydrogen) atoms. The number of rotatable bonds is 7. The number of fused-ring (bicyclic) bond motifs is 1. The van der Waals surface area contributed by atoms with Crippen LogP contribution in [-0.2, 0) is 22.4 Å². The van der Waals surface area contributed by atoms with E-state index in [2.05, 4.69) is 10.6 Å². The predicted molar refractivity (Wildman–Crippen MR) is 110 cm³/mol. The topological polar surface area (TPSA) is 106 Å². The number of halogens is 1. The van der Waals surface area contributed by atoms with E-state index in [9.17, 15) is 18.8 Å². The molecule has 1 aromatic heterocycles. The second-order valence-corrected chi connectivity index (χ2v) is 8.30. The molecular formula is C20H24FN4O3S+. The summed E-state index contributed by atoms with van der Waals surface area (Å²) in [5.41, 5.74) is 7.42. The molecule has 1 aliphatic rings. The van der Waals surface area contributed by atoms with Crippen LogP contribution < -0.4 is 21.3 Å². The molecule has 0 spiro atoms. The first kappa shape index (κ1) is 20.9. The number of carbonyl (C=O) groups is 3. The fourth-order valence-corrected chi connectivity index (χ4v) is 4.75. The van der Waals surface area contributed by atoms with Crippen LogP contribution in [0.1, 0.15) is 33.6 Å². The molecule has 2 aromatic rings. The summed E-state index contributed by atoms with van der Waals surface area (Å²) in [5, 5.41) is 5.95. The van der Waals surface area contributed by atoms with Crippen molar-refractivity contribution in [3.63, 3.8) is 0 Å². The second kappa shape index (κ2) is 9.15. The van der Waals surface area contributed by atoms with Crippen molar-refractivity contribution >= 4 is 39.7 Å². The van der Waals surface area contributed by atoms with Crippen LogP contribution in [0.25, 0.3) is 0 Å². The van der Waals surface area contributed by atoms with Crippen molar-refractivity contribution in [2.45, 2.75) is 25.7 Å². The van der Waals surface area contributed by atoms with Crippen LogP contribution in [0.3, 0.4) is 0 Å². The fraction of sp³-hybridized carbons (Fsp3) is 0.350. The van der Waals surface area contributed by atoms with E-state index < -0.39 is 5.91 Å². The third-order valence-electron chi connectivity index (χ3n) is 4.72. The van der Waals surface area contributed by atoms with Gasteiger partial charge in [-0.25, -0.2) is 4.39 Å². The minimum absolute atomic E-state index is 0.0532. The number of hydrogen-bond donors (Lipinski definition) is 4. The van der Waals surface area contributed by atoms with Gasteiger partial charge in [0.2, 0.25) is 0 Å². The number of primary amides is 1. The molecule has 1 heterocycles. The third-order valence-corrected chi connectivity index (χ3v) is 5.93. The number of quaternary nitrogens is 1. The summed E-state index contributed by atoms with van der Waals surface area (Å²) in [6.45, 7) is 0.117. The van der Waals surface area contributed by atoms with E-state index in [4.69, 9.17) is 5.73 Å². The third kappa shape index (κ3) is 5.39. The van der Waals surface area contributed by atoms with Crippen molar-refractivity contribution in [2.24, 2.45) is 5.73 Å². The number of nitrogens with two attached hydrogens (primary N) is 1. The Bertz CT molecular complexity index is 927. The zero-order valence-corrected chi connectivity index (χ0v) is 17.0. The van der Waals surface area contributed by atoms with Gasteiger partial charge in [-0.15, -0.1) is 11.3 Å². The molecule has 0 saturated heterocycles. The summed E-state index contributed by atoms with van der Waals surface area (Å²) in [4.78, 5) is 38.2. The van der Waals surface area contributed by atoms with Gasteiger partial charge in [-0.1, -0.05) is 0 Å². The molecule has 1 aliphatic carbocycles. The van der Waals surface area contributed by atoms with Crippen molar-refractivity contribution < 1.29 is 23.7 Å². The van der Waals surface area contributed by atoms with Crippen LogP contribution in [-0.4, -0.2) is 37.9 Å². The SMILES string of the molecule is C[NH+](CC(=O)Nc1ccc(F)cc1)CC(=O)Nc1sc2c(c1C(N)=O)CCCC2. The maximum absolute atomic E-state index is 12.9. The summed E-state index contributed by atoms with van der Waals surface area (Å²) in [5.74, 6) is -1.49. The molecular weight excluding hydrogens is 395 g/mol.